The predicted octanol–water partition coefficient (Wildman–Crippen LogP) is 1.18. The largest absolute Gasteiger partial charge is 0.383 e. The number of piperidine rings is 1. The molecule has 4 heterocycles. The molecule has 5 fully saturated rings. The topological polar surface area (TPSA) is 97.5 Å². The molecule has 4 saturated heterocycles. The highest BCUT2D eigenvalue weighted by Crippen LogP contribution is 2.41. The van der Waals surface area contributed by atoms with Crippen molar-refractivity contribution in [2.45, 2.75) is 62.6 Å². The Kier molecular flexibility index (Phi) is 7.52. The van der Waals surface area contributed by atoms with Gasteiger partial charge in [-0.25, -0.2) is 0 Å². The molecule has 6 rings (SSSR count). The lowest BCUT2D eigenvalue weighted by molar-refractivity contribution is -0.144. The summed E-state index contributed by atoms with van der Waals surface area (Å²) in [5.74, 6) is 0.835. The third kappa shape index (κ3) is 4.91. The molecule has 10 nitrogen and oxygen atoms in total. The fourth-order valence-corrected chi connectivity index (χ4v) is 7.69. The molecular formula is C29H42N6O4. The molecule has 0 aromatic heterocycles. The van der Waals surface area contributed by atoms with Gasteiger partial charge in [-0.1, -0.05) is 18.2 Å². The number of fused-ring (bicyclic) bond motifs is 1. The first-order chi connectivity index (χ1) is 19.0. The third-order valence-electron chi connectivity index (χ3n) is 9.85. The van der Waals surface area contributed by atoms with Crippen LogP contribution in [0.2, 0.25) is 0 Å². The van der Waals surface area contributed by atoms with Crippen molar-refractivity contribution in [3.8, 4) is 0 Å². The van der Waals surface area contributed by atoms with Gasteiger partial charge in [0.15, 0.2) is 0 Å². The van der Waals surface area contributed by atoms with Crippen LogP contribution < -0.4 is 15.8 Å². The lowest BCUT2D eigenvalue weighted by Gasteiger charge is -2.44. The van der Waals surface area contributed by atoms with E-state index < -0.39 is 5.54 Å². The Morgan fingerprint density at radius 2 is 1.87 bits per heavy atom. The summed E-state index contributed by atoms with van der Waals surface area (Å²) in [7, 11) is 1.66. The number of hydrogen-bond donors (Lipinski definition) is 2. The zero-order valence-corrected chi connectivity index (χ0v) is 23.0. The quantitative estimate of drug-likeness (QED) is 0.562. The maximum absolute atomic E-state index is 14.1. The molecule has 0 radical (unpaired) electrons. The molecule has 0 bridgehead atoms. The van der Waals surface area contributed by atoms with Crippen LogP contribution in [0, 0.1) is 11.8 Å². The van der Waals surface area contributed by atoms with Crippen molar-refractivity contribution < 1.29 is 19.1 Å². The number of carbonyl (C=O) groups is 3. The van der Waals surface area contributed by atoms with E-state index in [4.69, 9.17) is 4.74 Å². The first-order valence-electron chi connectivity index (χ1n) is 14.7. The maximum Gasteiger partial charge on any atom is 0.250 e. The molecule has 1 spiro atoms. The number of hydrogen-bond acceptors (Lipinski definition) is 7. The minimum absolute atomic E-state index is 0.00734. The molecule has 1 aromatic rings. The van der Waals surface area contributed by atoms with Crippen molar-refractivity contribution in [3.63, 3.8) is 0 Å². The van der Waals surface area contributed by atoms with Crippen LogP contribution in [-0.2, 0) is 19.1 Å². The second-order valence-electron chi connectivity index (χ2n) is 12.0. The summed E-state index contributed by atoms with van der Waals surface area (Å²) in [5.41, 5.74) is 6.85. The van der Waals surface area contributed by atoms with Gasteiger partial charge in [-0.3, -0.25) is 25.2 Å². The van der Waals surface area contributed by atoms with Crippen LogP contribution in [0.4, 0.5) is 5.69 Å². The molecule has 1 aliphatic carbocycles. The number of ether oxygens (including phenoxy) is 1. The Bertz CT molecular complexity index is 1060. The van der Waals surface area contributed by atoms with Crippen molar-refractivity contribution in [2.75, 3.05) is 58.0 Å². The van der Waals surface area contributed by atoms with Gasteiger partial charge >= 0.3 is 0 Å². The van der Waals surface area contributed by atoms with Crippen molar-refractivity contribution >= 4 is 23.4 Å². The molecule has 2 N–H and O–H groups in total. The number of anilines is 1. The van der Waals surface area contributed by atoms with E-state index in [0.29, 0.717) is 57.7 Å². The van der Waals surface area contributed by atoms with Crippen molar-refractivity contribution in [1.82, 2.24) is 25.6 Å². The van der Waals surface area contributed by atoms with E-state index in [1.165, 1.54) is 0 Å². The fourth-order valence-electron chi connectivity index (χ4n) is 7.69. The number of nitrogens with zero attached hydrogens (tertiary/aromatic N) is 4. The Balaban J connectivity index is 1.16. The predicted molar refractivity (Wildman–Crippen MR) is 146 cm³/mol. The Morgan fingerprint density at radius 1 is 1.08 bits per heavy atom. The average Bonchev–Trinajstić information content (AvgIpc) is 3.69. The van der Waals surface area contributed by atoms with Crippen molar-refractivity contribution in [3.05, 3.63) is 30.3 Å². The van der Waals surface area contributed by atoms with Crippen LogP contribution in [-0.4, -0.2) is 103 Å². The highest BCUT2D eigenvalue weighted by molar-refractivity contribution is 5.96. The lowest BCUT2D eigenvalue weighted by Crippen LogP contribution is -2.58. The molecule has 39 heavy (non-hydrogen) atoms. The summed E-state index contributed by atoms with van der Waals surface area (Å²) in [4.78, 5) is 48.8. The minimum atomic E-state index is -0.730. The van der Waals surface area contributed by atoms with Gasteiger partial charge in [0.2, 0.25) is 11.8 Å². The highest BCUT2D eigenvalue weighted by atomic mass is 16.5. The molecule has 5 aliphatic rings. The summed E-state index contributed by atoms with van der Waals surface area (Å²) >= 11 is 0. The molecule has 4 aliphatic heterocycles. The lowest BCUT2D eigenvalue weighted by atomic mass is 9.77. The summed E-state index contributed by atoms with van der Waals surface area (Å²) in [6, 6.07) is 10.6. The molecule has 3 amide bonds. The first kappa shape index (κ1) is 26.5. The normalized spacial score (nSPS) is 30.3. The summed E-state index contributed by atoms with van der Waals surface area (Å²) in [6.07, 6.45) is 5.93. The van der Waals surface area contributed by atoms with E-state index in [2.05, 4.69) is 15.8 Å². The summed E-state index contributed by atoms with van der Waals surface area (Å²) in [6.45, 7) is 3.78. The zero-order valence-electron chi connectivity index (χ0n) is 23.0. The fraction of sp³-hybridized carbons (Fsp3) is 0.690. The van der Waals surface area contributed by atoms with Crippen LogP contribution >= 0.6 is 0 Å². The van der Waals surface area contributed by atoms with E-state index in [1.54, 1.807) is 12.0 Å². The number of rotatable bonds is 6. The van der Waals surface area contributed by atoms with Gasteiger partial charge in [0.1, 0.15) is 12.1 Å². The number of likely N-dealkylation sites (tertiary alicyclic amines) is 2. The molecule has 10 heteroatoms. The Morgan fingerprint density at radius 3 is 2.64 bits per heavy atom. The van der Waals surface area contributed by atoms with Crippen LogP contribution in [0.1, 0.15) is 44.9 Å². The van der Waals surface area contributed by atoms with Crippen LogP contribution in [0.25, 0.3) is 0 Å². The average molecular weight is 539 g/mol. The third-order valence-corrected chi connectivity index (χ3v) is 9.85. The summed E-state index contributed by atoms with van der Waals surface area (Å²) in [5, 5.41) is 0. The second kappa shape index (κ2) is 11.1. The van der Waals surface area contributed by atoms with Gasteiger partial charge in [-0.15, -0.1) is 0 Å². The standard InChI is InChI=1S/C29H42N6O4/c1-39-19-24-8-5-13-34(24)26(36)18-33-20-35(23-6-3-2-4-7-23)29(28(33)38)11-14-32(15-12-29)27(37)21-9-10-25-22(16-21)17-30-31-25/h2-4,6-7,21-22,24-25,30-31H,5,8-20H2,1H3/t21?,22?,24-,25?/m1/s1. The van der Waals surface area contributed by atoms with E-state index in [9.17, 15) is 14.4 Å². The Labute approximate surface area is 231 Å². The van der Waals surface area contributed by atoms with E-state index in [0.717, 1.165) is 44.3 Å². The van der Waals surface area contributed by atoms with Gasteiger partial charge < -0.3 is 24.3 Å². The minimum Gasteiger partial charge on any atom is -0.383 e. The number of para-hydroxylation sites is 1. The highest BCUT2D eigenvalue weighted by Gasteiger charge is 2.55. The molecule has 3 unspecified atom stereocenters. The molecule has 4 atom stereocenters. The SMILES string of the molecule is COC[C@H]1CCCN1C(=O)CN1CN(c2ccccc2)C2(CCN(C(=O)C3CCC4NNCC4C3)CC2)C1=O. The zero-order chi connectivity index (χ0) is 27.0. The van der Waals surface area contributed by atoms with Gasteiger partial charge in [0.05, 0.1) is 19.3 Å². The van der Waals surface area contributed by atoms with Gasteiger partial charge in [0.25, 0.3) is 5.91 Å². The van der Waals surface area contributed by atoms with E-state index in [-0.39, 0.29) is 36.2 Å². The van der Waals surface area contributed by atoms with E-state index in [1.807, 2.05) is 40.1 Å². The van der Waals surface area contributed by atoms with Crippen molar-refractivity contribution in [2.24, 2.45) is 11.8 Å². The number of nitrogens with one attached hydrogen (secondary N) is 2. The number of hydrazine groups is 1. The summed E-state index contributed by atoms with van der Waals surface area (Å²) < 4.78 is 5.33. The van der Waals surface area contributed by atoms with Crippen LogP contribution in [0.5, 0.6) is 0 Å². The van der Waals surface area contributed by atoms with Gasteiger partial charge in [-0.05, 0) is 63.0 Å². The number of benzene rings is 1. The monoisotopic (exact) mass is 538 g/mol. The van der Waals surface area contributed by atoms with Gasteiger partial charge in [-0.2, -0.15) is 0 Å². The number of carbonyl (C=O) groups excluding carboxylic acids is 3. The number of amides is 3. The smallest absolute Gasteiger partial charge is 0.250 e. The van der Waals surface area contributed by atoms with E-state index >= 15 is 0 Å². The molecular weight excluding hydrogens is 496 g/mol. The number of methoxy groups -OCH3 is 1. The maximum atomic E-state index is 14.1. The van der Waals surface area contributed by atoms with Gasteiger partial charge in [0, 0.05) is 50.9 Å². The first-order valence-corrected chi connectivity index (χ1v) is 14.7. The molecule has 212 valence electrons. The Hall–Kier alpha value is -2.69. The van der Waals surface area contributed by atoms with Crippen molar-refractivity contribution in [1.29, 1.82) is 0 Å². The van der Waals surface area contributed by atoms with Crippen LogP contribution in [0.15, 0.2) is 30.3 Å². The molecule has 1 aromatic carbocycles. The second-order valence-corrected chi connectivity index (χ2v) is 12.0. The molecule has 1 saturated carbocycles. The van der Waals surface area contributed by atoms with Crippen LogP contribution in [0.3, 0.4) is 0 Å².